The number of benzene rings is 2. The number of para-hydroxylation sites is 1. The van der Waals surface area contributed by atoms with Crippen LogP contribution < -0.4 is 16.2 Å². The molecule has 4 rings (SSSR count). The fourth-order valence-electron chi connectivity index (χ4n) is 4.23. The lowest BCUT2D eigenvalue weighted by atomic mass is 9.90. The first kappa shape index (κ1) is 21.8. The summed E-state index contributed by atoms with van der Waals surface area (Å²) in [6.45, 7) is 6.85. The van der Waals surface area contributed by atoms with Crippen LogP contribution in [0.3, 0.4) is 0 Å². The summed E-state index contributed by atoms with van der Waals surface area (Å²) in [6.07, 6.45) is 3.22. The zero-order valence-electron chi connectivity index (χ0n) is 18.7. The predicted octanol–water partition coefficient (Wildman–Crippen LogP) is 3.82. The number of H-pyrrole nitrogens is 1. The summed E-state index contributed by atoms with van der Waals surface area (Å²) in [5.74, 6) is -0.258. The number of carbonyl (C=O) groups is 1. The maximum atomic E-state index is 13.1. The van der Waals surface area contributed by atoms with Crippen molar-refractivity contribution in [1.82, 2.24) is 25.2 Å². The molecule has 0 aliphatic rings. The molecule has 4 aromatic rings. The molecule has 7 heteroatoms. The molecule has 0 fully saturated rings. The lowest BCUT2D eigenvalue weighted by molar-refractivity contribution is 0.0935. The largest absolute Gasteiger partial charge is 0.350 e. The van der Waals surface area contributed by atoms with Crippen molar-refractivity contribution in [3.8, 4) is 0 Å². The first-order chi connectivity index (χ1) is 15.5. The average molecular weight is 432 g/mol. The van der Waals surface area contributed by atoms with E-state index in [4.69, 9.17) is 0 Å². The maximum Gasteiger partial charge on any atom is 0.259 e. The highest BCUT2D eigenvalue weighted by molar-refractivity contribution is 6.00. The third-order valence-corrected chi connectivity index (χ3v) is 6.39. The van der Waals surface area contributed by atoms with Gasteiger partial charge >= 0.3 is 0 Å². The molecule has 0 saturated carbocycles. The second-order valence-corrected chi connectivity index (χ2v) is 8.24. The molecule has 1 amide bonds. The van der Waals surface area contributed by atoms with Crippen LogP contribution in [0, 0.1) is 0 Å². The average Bonchev–Trinajstić information content (AvgIpc) is 3.26. The Labute approximate surface area is 186 Å². The van der Waals surface area contributed by atoms with Crippen molar-refractivity contribution in [2.24, 2.45) is 0 Å². The third kappa shape index (κ3) is 4.03. The third-order valence-electron chi connectivity index (χ3n) is 6.39. The van der Waals surface area contributed by atoms with Crippen molar-refractivity contribution in [3.05, 3.63) is 82.3 Å². The van der Waals surface area contributed by atoms with Crippen molar-refractivity contribution < 1.29 is 4.79 Å². The molecule has 1 unspecified atom stereocenters. The Morgan fingerprint density at radius 1 is 1.09 bits per heavy atom. The number of hydrogen-bond acceptors (Lipinski definition) is 4. The van der Waals surface area contributed by atoms with E-state index in [1.54, 1.807) is 16.6 Å². The smallest absolute Gasteiger partial charge is 0.259 e. The highest BCUT2D eigenvalue weighted by Crippen LogP contribution is 2.22. The lowest BCUT2D eigenvalue weighted by Gasteiger charge is -2.36. The van der Waals surface area contributed by atoms with E-state index in [-0.39, 0.29) is 23.0 Å². The Morgan fingerprint density at radius 3 is 2.50 bits per heavy atom. The van der Waals surface area contributed by atoms with E-state index in [2.05, 4.69) is 53.6 Å². The van der Waals surface area contributed by atoms with Crippen molar-refractivity contribution >= 4 is 22.5 Å². The number of rotatable bonds is 8. The normalized spacial score (nSPS) is 12.8. The molecule has 1 atom stereocenters. The van der Waals surface area contributed by atoms with Gasteiger partial charge in [-0.05, 0) is 37.5 Å². The van der Waals surface area contributed by atoms with Gasteiger partial charge in [0, 0.05) is 18.1 Å². The number of aromatic amines is 1. The van der Waals surface area contributed by atoms with Crippen molar-refractivity contribution in [3.63, 3.8) is 0 Å². The zero-order chi connectivity index (χ0) is 22.7. The fourth-order valence-corrected chi connectivity index (χ4v) is 4.23. The van der Waals surface area contributed by atoms with E-state index in [0.717, 1.165) is 12.8 Å². The maximum absolute atomic E-state index is 13.1. The minimum absolute atomic E-state index is 0.146. The summed E-state index contributed by atoms with van der Waals surface area (Å²) in [5.41, 5.74) is 2.13. The quantitative estimate of drug-likeness (QED) is 0.396. The molecule has 3 N–H and O–H groups in total. The number of carbonyl (C=O) groups excluding carboxylic acids is 1. The summed E-state index contributed by atoms with van der Waals surface area (Å²) in [5, 5.41) is 11.7. The summed E-state index contributed by atoms with van der Waals surface area (Å²) in [7, 11) is 0. The van der Waals surface area contributed by atoms with E-state index in [0.29, 0.717) is 28.7 Å². The van der Waals surface area contributed by atoms with E-state index < -0.39 is 0 Å². The molecule has 0 spiro atoms. The predicted molar refractivity (Wildman–Crippen MR) is 127 cm³/mol. The Bertz CT molecular complexity index is 1290. The lowest BCUT2D eigenvalue weighted by Crippen LogP contribution is -2.53. The van der Waals surface area contributed by atoms with Gasteiger partial charge in [-0.25, -0.2) is 4.52 Å². The van der Waals surface area contributed by atoms with Crippen LogP contribution in [-0.4, -0.2) is 32.6 Å². The van der Waals surface area contributed by atoms with Crippen LogP contribution in [0.5, 0.6) is 0 Å². The molecule has 0 saturated heterocycles. The fraction of sp³-hybridized carbons (Fsp3) is 0.320. The molecule has 0 aliphatic heterocycles. The van der Waals surface area contributed by atoms with Gasteiger partial charge < -0.3 is 15.6 Å². The first-order valence-corrected chi connectivity index (χ1v) is 11.1. The Balaban J connectivity index is 1.56. The second kappa shape index (κ2) is 8.96. The Morgan fingerprint density at radius 2 is 1.78 bits per heavy atom. The van der Waals surface area contributed by atoms with Gasteiger partial charge in [0.25, 0.3) is 11.5 Å². The van der Waals surface area contributed by atoms with E-state index in [1.807, 2.05) is 30.3 Å². The molecular formula is C25H29N5O2. The van der Waals surface area contributed by atoms with Crippen LogP contribution in [0.1, 0.15) is 55.6 Å². The molecule has 0 aliphatic carbocycles. The molecule has 0 bridgehead atoms. The van der Waals surface area contributed by atoms with Gasteiger partial charge in [-0.15, -0.1) is 0 Å². The summed E-state index contributed by atoms with van der Waals surface area (Å²) < 4.78 is 1.61. The van der Waals surface area contributed by atoms with Gasteiger partial charge in [-0.2, -0.15) is 5.10 Å². The summed E-state index contributed by atoms with van der Waals surface area (Å²) in [4.78, 5) is 28.4. The Kier molecular flexibility index (Phi) is 6.10. The highest BCUT2D eigenvalue weighted by Gasteiger charge is 2.29. The number of nitrogens with zero attached hydrogens (tertiary/aromatic N) is 2. The van der Waals surface area contributed by atoms with Crippen LogP contribution in [0.2, 0.25) is 0 Å². The minimum atomic E-state index is -0.258. The van der Waals surface area contributed by atoms with Gasteiger partial charge in [0.1, 0.15) is 11.2 Å². The van der Waals surface area contributed by atoms with E-state index in [1.165, 1.54) is 11.8 Å². The van der Waals surface area contributed by atoms with Crippen molar-refractivity contribution in [2.45, 2.75) is 45.2 Å². The molecule has 7 nitrogen and oxygen atoms in total. The van der Waals surface area contributed by atoms with Gasteiger partial charge in [-0.1, -0.05) is 56.3 Å². The number of fused-ring (bicyclic) bond motifs is 3. The van der Waals surface area contributed by atoms with Gasteiger partial charge in [0.15, 0.2) is 0 Å². The molecule has 2 aromatic heterocycles. The second-order valence-electron chi connectivity index (χ2n) is 8.24. The standard InChI is InChI=1S/C25H29N5O2/c1-4-25(5-2,29-17(3)18-11-7-6-8-12-18)16-26-23(31)20-15-27-30-21-14-10-9-13-19(21)24(32)28-22(20)30/h6-15,17,29H,4-5,16H2,1-3H3,(H,26,31)(H,28,32). The number of hydrogen-bond donors (Lipinski definition) is 3. The summed E-state index contributed by atoms with van der Waals surface area (Å²) in [6, 6.07) is 17.6. The van der Waals surface area contributed by atoms with Crippen LogP contribution in [0.15, 0.2) is 65.6 Å². The molecule has 32 heavy (non-hydrogen) atoms. The van der Waals surface area contributed by atoms with Gasteiger partial charge in [0.2, 0.25) is 0 Å². The number of aromatic nitrogens is 3. The molecule has 2 heterocycles. The van der Waals surface area contributed by atoms with Crippen LogP contribution >= 0.6 is 0 Å². The van der Waals surface area contributed by atoms with E-state index in [9.17, 15) is 9.59 Å². The topological polar surface area (TPSA) is 91.3 Å². The molecule has 2 aromatic carbocycles. The number of nitrogens with one attached hydrogen (secondary N) is 3. The van der Waals surface area contributed by atoms with Gasteiger partial charge in [0.05, 0.1) is 17.1 Å². The monoisotopic (exact) mass is 431 g/mol. The Hall–Kier alpha value is -3.45. The SMILES string of the molecule is CCC(CC)(CNC(=O)c1cnn2c1[nH]c(=O)c1ccccc12)NC(C)c1ccccc1. The minimum Gasteiger partial charge on any atom is -0.350 e. The highest BCUT2D eigenvalue weighted by atomic mass is 16.2. The van der Waals surface area contributed by atoms with E-state index >= 15 is 0 Å². The van der Waals surface area contributed by atoms with Gasteiger partial charge in [-0.3, -0.25) is 9.59 Å². The van der Waals surface area contributed by atoms with Crippen molar-refractivity contribution in [1.29, 1.82) is 0 Å². The van der Waals surface area contributed by atoms with Crippen LogP contribution in [0.4, 0.5) is 0 Å². The van der Waals surface area contributed by atoms with Crippen LogP contribution in [0.25, 0.3) is 16.6 Å². The molecular weight excluding hydrogens is 402 g/mol. The zero-order valence-corrected chi connectivity index (χ0v) is 18.7. The molecule has 0 radical (unpaired) electrons. The first-order valence-electron chi connectivity index (χ1n) is 11.1. The molecule has 166 valence electrons. The van der Waals surface area contributed by atoms with Crippen LogP contribution in [-0.2, 0) is 0 Å². The van der Waals surface area contributed by atoms with Crippen molar-refractivity contribution in [2.75, 3.05) is 6.54 Å². The number of amides is 1. The summed E-state index contributed by atoms with van der Waals surface area (Å²) >= 11 is 0.